The number of nitrogens with zero attached hydrogens (tertiary/aromatic N) is 3. The number of imidazole rings is 1. The van der Waals surface area contributed by atoms with E-state index in [1.165, 1.54) is 19.3 Å². The maximum Gasteiger partial charge on any atom is 0.241 e. The fraction of sp³-hybridized carbons (Fsp3) is 0.400. The molecule has 0 bridgehead atoms. The zero-order chi connectivity index (χ0) is 18.9. The second-order valence-electron chi connectivity index (χ2n) is 7.13. The van der Waals surface area contributed by atoms with Crippen molar-refractivity contribution in [3.05, 3.63) is 54.0 Å². The van der Waals surface area contributed by atoms with E-state index in [0.29, 0.717) is 10.9 Å². The first-order valence-electron chi connectivity index (χ1n) is 9.43. The van der Waals surface area contributed by atoms with Gasteiger partial charge in [-0.1, -0.05) is 37.5 Å². The van der Waals surface area contributed by atoms with E-state index in [4.69, 9.17) is 0 Å². The predicted molar refractivity (Wildman–Crippen MR) is 105 cm³/mol. The smallest absolute Gasteiger partial charge is 0.241 e. The van der Waals surface area contributed by atoms with Crippen molar-refractivity contribution >= 4 is 21.2 Å². The summed E-state index contributed by atoms with van der Waals surface area (Å²) >= 11 is 0. The Bertz CT molecular complexity index is 1050. The molecule has 0 atom stereocenters. The zero-order valence-electron chi connectivity index (χ0n) is 15.4. The summed E-state index contributed by atoms with van der Waals surface area (Å²) in [5.74, 6) is 0.729. The Morgan fingerprint density at radius 3 is 2.67 bits per heavy atom. The molecule has 4 rings (SSSR count). The second-order valence-corrected chi connectivity index (χ2v) is 8.86. The van der Waals surface area contributed by atoms with Gasteiger partial charge in [-0.05, 0) is 43.5 Å². The van der Waals surface area contributed by atoms with Crippen molar-refractivity contribution in [2.45, 2.75) is 56.5 Å². The molecule has 1 saturated carbocycles. The number of pyridine rings is 1. The summed E-state index contributed by atoms with van der Waals surface area (Å²) in [6.07, 6.45) is 7.56. The summed E-state index contributed by atoms with van der Waals surface area (Å²) < 4.78 is 30.4. The molecule has 1 aliphatic carbocycles. The van der Waals surface area contributed by atoms with Crippen molar-refractivity contribution in [2.75, 3.05) is 0 Å². The summed E-state index contributed by atoms with van der Waals surface area (Å²) in [5, 5.41) is 0. The minimum atomic E-state index is -3.60. The number of aryl methyl sites for hydroxylation is 1. The average Bonchev–Trinajstić information content (AvgIpc) is 3.06. The van der Waals surface area contributed by atoms with E-state index in [0.717, 1.165) is 35.4 Å². The van der Waals surface area contributed by atoms with Gasteiger partial charge in [0.2, 0.25) is 10.0 Å². The largest absolute Gasteiger partial charge is 0.308 e. The first kappa shape index (κ1) is 18.1. The number of hydrogen-bond donors (Lipinski definition) is 1. The number of nitrogens with one attached hydrogen (secondary N) is 1. The van der Waals surface area contributed by atoms with E-state index in [1.54, 1.807) is 31.3 Å². The van der Waals surface area contributed by atoms with Crippen LogP contribution in [0.1, 0.15) is 49.5 Å². The van der Waals surface area contributed by atoms with Crippen LogP contribution in [0, 0.1) is 6.92 Å². The minimum Gasteiger partial charge on any atom is -0.308 e. The van der Waals surface area contributed by atoms with Gasteiger partial charge < -0.3 is 4.57 Å². The van der Waals surface area contributed by atoms with Crippen LogP contribution in [0.15, 0.2) is 47.5 Å². The summed E-state index contributed by atoms with van der Waals surface area (Å²) in [4.78, 5) is 9.51. The molecule has 0 amide bonds. The Morgan fingerprint density at radius 2 is 1.89 bits per heavy atom. The fourth-order valence-electron chi connectivity index (χ4n) is 3.92. The SMILES string of the molecule is Cc1ccccc1S(=O)(=O)NCc1nc2cccnc2n1C1CCCCC1. The summed E-state index contributed by atoms with van der Waals surface area (Å²) in [5.41, 5.74) is 2.38. The van der Waals surface area contributed by atoms with Crippen molar-refractivity contribution in [1.29, 1.82) is 0 Å². The van der Waals surface area contributed by atoms with Crippen LogP contribution < -0.4 is 4.72 Å². The van der Waals surface area contributed by atoms with Gasteiger partial charge in [0.15, 0.2) is 5.65 Å². The summed E-state index contributed by atoms with van der Waals surface area (Å²) in [7, 11) is -3.60. The monoisotopic (exact) mass is 384 g/mol. The minimum absolute atomic E-state index is 0.156. The van der Waals surface area contributed by atoms with E-state index < -0.39 is 10.0 Å². The zero-order valence-corrected chi connectivity index (χ0v) is 16.2. The van der Waals surface area contributed by atoms with Gasteiger partial charge in [0, 0.05) is 12.2 Å². The molecule has 27 heavy (non-hydrogen) atoms. The normalized spacial score (nSPS) is 16.0. The fourth-order valence-corrected chi connectivity index (χ4v) is 5.14. The first-order chi connectivity index (χ1) is 13.1. The number of sulfonamides is 1. The highest BCUT2D eigenvalue weighted by atomic mass is 32.2. The van der Waals surface area contributed by atoms with Crippen molar-refractivity contribution in [3.8, 4) is 0 Å². The van der Waals surface area contributed by atoms with E-state index in [2.05, 4.69) is 19.3 Å². The number of fused-ring (bicyclic) bond motifs is 1. The Balaban J connectivity index is 1.67. The predicted octanol–water partition coefficient (Wildman–Crippen LogP) is 3.72. The molecule has 0 radical (unpaired) electrons. The third-order valence-electron chi connectivity index (χ3n) is 5.27. The number of hydrogen-bond acceptors (Lipinski definition) is 4. The topological polar surface area (TPSA) is 76.9 Å². The molecule has 1 aromatic carbocycles. The molecule has 7 heteroatoms. The maximum atomic E-state index is 12.8. The Labute approximate surface area is 159 Å². The van der Waals surface area contributed by atoms with Gasteiger partial charge in [0.1, 0.15) is 11.3 Å². The molecule has 3 aromatic rings. The third-order valence-corrected chi connectivity index (χ3v) is 6.83. The molecule has 0 spiro atoms. The lowest BCUT2D eigenvalue weighted by molar-refractivity contribution is 0.350. The Hall–Kier alpha value is -2.25. The van der Waals surface area contributed by atoms with E-state index in [-0.39, 0.29) is 6.54 Å². The molecule has 6 nitrogen and oxygen atoms in total. The van der Waals surface area contributed by atoms with Crippen LogP contribution in [0.2, 0.25) is 0 Å². The molecule has 1 aliphatic rings. The van der Waals surface area contributed by atoms with Gasteiger partial charge in [-0.15, -0.1) is 0 Å². The van der Waals surface area contributed by atoms with E-state index >= 15 is 0 Å². The molecule has 2 heterocycles. The highest BCUT2D eigenvalue weighted by molar-refractivity contribution is 7.89. The molecular formula is C20H24N4O2S. The number of rotatable bonds is 5. The second kappa shape index (κ2) is 7.40. The van der Waals surface area contributed by atoms with Crippen LogP contribution >= 0.6 is 0 Å². The van der Waals surface area contributed by atoms with Gasteiger partial charge in [-0.25, -0.2) is 23.1 Å². The van der Waals surface area contributed by atoms with Crippen molar-refractivity contribution in [1.82, 2.24) is 19.3 Å². The van der Waals surface area contributed by atoms with Crippen LogP contribution in [0.5, 0.6) is 0 Å². The van der Waals surface area contributed by atoms with Crippen molar-refractivity contribution < 1.29 is 8.42 Å². The molecular weight excluding hydrogens is 360 g/mol. The third kappa shape index (κ3) is 3.61. The number of aromatic nitrogens is 3. The maximum absolute atomic E-state index is 12.8. The molecule has 1 fully saturated rings. The van der Waals surface area contributed by atoms with Crippen molar-refractivity contribution in [2.24, 2.45) is 0 Å². The first-order valence-corrected chi connectivity index (χ1v) is 10.9. The quantitative estimate of drug-likeness (QED) is 0.727. The van der Waals surface area contributed by atoms with Crippen LogP contribution in [0.3, 0.4) is 0 Å². The lowest BCUT2D eigenvalue weighted by Gasteiger charge is -2.25. The molecule has 0 saturated heterocycles. The van der Waals surface area contributed by atoms with Gasteiger partial charge >= 0.3 is 0 Å². The van der Waals surface area contributed by atoms with Gasteiger partial charge in [0.25, 0.3) is 0 Å². The van der Waals surface area contributed by atoms with E-state index in [1.807, 2.05) is 18.2 Å². The lowest BCUT2D eigenvalue weighted by Crippen LogP contribution is -2.27. The van der Waals surface area contributed by atoms with Crippen LogP contribution in [-0.4, -0.2) is 23.0 Å². The van der Waals surface area contributed by atoms with Crippen LogP contribution in [0.4, 0.5) is 0 Å². The number of benzene rings is 1. The lowest BCUT2D eigenvalue weighted by atomic mass is 9.95. The Morgan fingerprint density at radius 1 is 1.11 bits per heavy atom. The molecule has 1 N–H and O–H groups in total. The average molecular weight is 385 g/mol. The highest BCUT2D eigenvalue weighted by Crippen LogP contribution is 2.32. The van der Waals surface area contributed by atoms with E-state index in [9.17, 15) is 8.42 Å². The molecule has 142 valence electrons. The highest BCUT2D eigenvalue weighted by Gasteiger charge is 2.23. The molecule has 2 aromatic heterocycles. The van der Waals surface area contributed by atoms with Crippen LogP contribution in [0.25, 0.3) is 11.2 Å². The molecule has 0 aliphatic heterocycles. The summed E-state index contributed by atoms with van der Waals surface area (Å²) in [6, 6.07) is 11.1. The van der Waals surface area contributed by atoms with Gasteiger partial charge in [0.05, 0.1) is 11.4 Å². The molecule has 0 unspecified atom stereocenters. The summed E-state index contributed by atoms with van der Waals surface area (Å²) in [6.45, 7) is 1.96. The van der Waals surface area contributed by atoms with Crippen molar-refractivity contribution in [3.63, 3.8) is 0 Å². The van der Waals surface area contributed by atoms with Gasteiger partial charge in [-0.2, -0.15) is 0 Å². The Kier molecular flexibility index (Phi) is 4.97. The standard InChI is InChI=1S/C20H24N4O2S/c1-15-8-5-6-12-18(15)27(25,26)22-14-19-23-17-11-7-13-21-20(17)24(19)16-9-3-2-4-10-16/h5-8,11-13,16,22H,2-4,9-10,14H2,1H3. The van der Waals surface area contributed by atoms with Crippen LogP contribution in [-0.2, 0) is 16.6 Å². The van der Waals surface area contributed by atoms with Gasteiger partial charge in [-0.3, -0.25) is 0 Å².